The Balaban J connectivity index is 1.77. The topological polar surface area (TPSA) is 39.2 Å². The van der Waals surface area contributed by atoms with Crippen molar-refractivity contribution in [3.63, 3.8) is 0 Å². The highest BCUT2D eigenvalue weighted by Gasteiger charge is 2.03. The molecule has 0 amide bonds. The van der Waals surface area contributed by atoms with Crippen molar-refractivity contribution in [2.24, 2.45) is 0 Å². The molecule has 5 heteroatoms. The maximum Gasteiger partial charge on any atom is 0.306 e. The Kier molecular flexibility index (Phi) is 16.8. The quantitative estimate of drug-likeness (QED) is 0.203. The summed E-state index contributed by atoms with van der Waals surface area (Å²) in [4.78, 5) is 15.7. The van der Waals surface area contributed by atoms with Gasteiger partial charge in [0.15, 0.2) is 0 Å². The van der Waals surface area contributed by atoms with Crippen molar-refractivity contribution >= 4 is 29.5 Å². The van der Waals surface area contributed by atoms with Crippen molar-refractivity contribution in [2.75, 3.05) is 23.0 Å². The summed E-state index contributed by atoms with van der Waals surface area (Å²) in [5.74, 6) is 4.92. The van der Waals surface area contributed by atoms with Crippen LogP contribution in [0.4, 0.5) is 0 Å². The van der Waals surface area contributed by atoms with E-state index in [0.29, 0.717) is 13.0 Å². The minimum atomic E-state index is -0.102. The van der Waals surface area contributed by atoms with E-state index in [9.17, 15) is 4.79 Å². The Bertz CT molecular complexity index is 457. The van der Waals surface area contributed by atoms with Gasteiger partial charge in [0.1, 0.15) is 6.61 Å². The molecule has 0 aliphatic heterocycles. The SMILES string of the molecule is CCCCCCCCSCCCSCCCCC(=O)OCc1cccnc1. The van der Waals surface area contributed by atoms with E-state index < -0.39 is 0 Å². The molecule has 0 bridgehead atoms. The maximum atomic E-state index is 11.7. The molecular formula is C22H37NO2S2. The van der Waals surface area contributed by atoms with Gasteiger partial charge in [-0.05, 0) is 54.8 Å². The first-order valence-electron chi connectivity index (χ1n) is 10.5. The van der Waals surface area contributed by atoms with Crippen LogP contribution in [0.2, 0.25) is 0 Å². The number of pyridine rings is 1. The van der Waals surface area contributed by atoms with Crippen LogP contribution in [0.5, 0.6) is 0 Å². The number of nitrogens with zero attached hydrogens (tertiary/aromatic N) is 1. The predicted octanol–water partition coefficient (Wildman–Crippen LogP) is 6.51. The van der Waals surface area contributed by atoms with Crippen LogP contribution in [-0.4, -0.2) is 34.0 Å². The van der Waals surface area contributed by atoms with Crippen molar-refractivity contribution in [1.82, 2.24) is 4.98 Å². The number of esters is 1. The molecule has 3 nitrogen and oxygen atoms in total. The normalized spacial score (nSPS) is 10.9. The summed E-state index contributed by atoms with van der Waals surface area (Å²) in [7, 11) is 0. The Morgan fingerprint density at radius 1 is 0.926 bits per heavy atom. The molecule has 1 aromatic rings. The van der Waals surface area contributed by atoms with Crippen LogP contribution in [0, 0.1) is 0 Å². The Morgan fingerprint density at radius 3 is 2.30 bits per heavy atom. The zero-order chi connectivity index (χ0) is 19.4. The van der Waals surface area contributed by atoms with Crippen LogP contribution in [-0.2, 0) is 16.1 Å². The fourth-order valence-corrected chi connectivity index (χ4v) is 4.75. The van der Waals surface area contributed by atoms with Gasteiger partial charge in [0, 0.05) is 24.4 Å². The predicted molar refractivity (Wildman–Crippen MR) is 121 cm³/mol. The second kappa shape index (κ2) is 18.7. The number of ether oxygens (including phenoxy) is 1. The van der Waals surface area contributed by atoms with Crippen molar-refractivity contribution in [3.8, 4) is 0 Å². The Hall–Kier alpha value is -0.680. The van der Waals surface area contributed by atoms with Gasteiger partial charge in [0.25, 0.3) is 0 Å². The van der Waals surface area contributed by atoms with Crippen molar-refractivity contribution in [2.45, 2.75) is 77.7 Å². The summed E-state index contributed by atoms with van der Waals surface area (Å²) in [6.07, 6.45) is 15.7. The standard InChI is InChI=1S/C22H37NO2S2/c1-2-3-4-5-6-8-15-26-17-11-18-27-16-9-7-13-22(24)25-20-21-12-10-14-23-19-21/h10,12,14,19H,2-9,11,13,15-18,20H2,1H3. The highest BCUT2D eigenvalue weighted by Crippen LogP contribution is 2.13. The summed E-state index contributed by atoms with van der Waals surface area (Å²) >= 11 is 4.13. The van der Waals surface area contributed by atoms with E-state index in [1.165, 1.54) is 62.2 Å². The van der Waals surface area contributed by atoms with Crippen molar-refractivity contribution in [1.29, 1.82) is 0 Å². The number of thioether (sulfide) groups is 2. The second-order valence-corrected chi connectivity index (χ2v) is 9.27. The van der Waals surface area contributed by atoms with E-state index in [-0.39, 0.29) is 5.97 Å². The maximum absolute atomic E-state index is 11.7. The molecule has 1 heterocycles. The molecule has 1 rings (SSSR count). The Labute approximate surface area is 174 Å². The molecule has 0 saturated heterocycles. The van der Waals surface area contributed by atoms with Gasteiger partial charge >= 0.3 is 5.97 Å². The Morgan fingerprint density at radius 2 is 1.59 bits per heavy atom. The largest absolute Gasteiger partial charge is 0.461 e. The van der Waals surface area contributed by atoms with Crippen LogP contribution < -0.4 is 0 Å². The summed E-state index contributed by atoms with van der Waals surface area (Å²) in [5.41, 5.74) is 0.941. The van der Waals surface area contributed by atoms with Gasteiger partial charge in [-0.25, -0.2) is 0 Å². The van der Waals surface area contributed by atoms with E-state index in [2.05, 4.69) is 23.7 Å². The molecule has 0 N–H and O–H groups in total. The highest BCUT2D eigenvalue weighted by molar-refractivity contribution is 8.00. The molecule has 27 heavy (non-hydrogen) atoms. The van der Waals surface area contributed by atoms with E-state index >= 15 is 0 Å². The monoisotopic (exact) mass is 411 g/mol. The lowest BCUT2D eigenvalue weighted by Crippen LogP contribution is -2.04. The van der Waals surface area contributed by atoms with Gasteiger partial charge in [0.2, 0.25) is 0 Å². The van der Waals surface area contributed by atoms with E-state index in [1.807, 2.05) is 23.9 Å². The zero-order valence-electron chi connectivity index (χ0n) is 17.0. The number of carbonyl (C=O) groups is 1. The first-order chi connectivity index (χ1) is 13.3. The molecule has 0 spiro atoms. The molecule has 0 unspecified atom stereocenters. The molecular weight excluding hydrogens is 374 g/mol. The molecule has 0 aliphatic carbocycles. The zero-order valence-corrected chi connectivity index (χ0v) is 18.6. The number of rotatable bonds is 18. The van der Waals surface area contributed by atoms with E-state index in [0.717, 1.165) is 24.2 Å². The van der Waals surface area contributed by atoms with Crippen molar-refractivity contribution < 1.29 is 9.53 Å². The summed E-state index contributed by atoms with van der Waals surface area (Å²) < 4.78 is 5.26. The third-order valence-corrected chi connectivity index (χ3v) is 6.57. The van der Waals surface area contributed by atoms with Gasteiger partial charge in [-0.15, -0.1) is 0 Å². The average Bonchev–Trinajstić information content (AvgIpc) is 2.70. The lowest BCUT2D eigenvalue weighted by atomic mass is 10.1. The van der Waals surface area contributed by atoms with Gasteiger partial charge in [-0.1, -0.05) is 45.1 Å². The number of carbonyl (C=O) groups excluding carboxylic acids is 1. The van der Waals surface area contributed by atoms with Gasteiger partial charge in [-0.3, -0.25) is 9.78 Å². The smallest absolute Gasteiger partial charge is 0.306 e. The molecule has 0 aliphatic rings. The molecule has 154 valence electrons. The summed E-state index contributed by atoms with van der Waals surface area (Å²) in [6, 6.07) is 3.77. The molecule has 0 atom stereocenters. The number of hydrogen-bond acceptors (Lipinski definition) is 5. The van der Waals surface area contributed by atoms with Gasteiger partial charge in [0.05, 0.1) is 0 Å². The summed E-state index contributed by atoms with van der Waals surface area (Å²) in [6.45, 7) is 2.60. The van der Waals surface area contributed by atoms with Crippen LogP contribution in [0.1, 0.15) is 76.7 Å². The third-order valence-electron chi connectivity index (χ3n) is 4.26. The molecule has 0 radical (unpaired) electrons. The minimum Gasteiger partial charge on any atom is -0.461 e. The van der Waals surface area contributed by atoms with Crippen LogP contribution in [0.15, 0.2) is 24.5 Å². The molecule has 0 fully saturated rings. The van der Waals surface area contributed by atoms with Crippen LogP contribution in [0.3, 0.4) is 0 Å². The van der Waals surface area contributed by atoms with Crippen molar-refractivity contribution in [3.05, 3.63) is 30.1 Å². The third kappa shape index (κ3) is 16.0. The van der Waals surface area contributed by atoms with Gasteiger partial charge < -0.3 is 4.74 Å². The average molecular weight is 412 g/mol. The van der Waals surface area contributed by atoms with E-state index in [4.69, 9.17) is 4.74 Å². The second-order valence-electron chi connectivity index (χ2n) is 6.83. The van der Waals surface area contributed by atoms with Crippen LogP contribution in [0.25, 0.3) is 0 Å². The van der Waals surface area contributed by atoms with E-state index in [1.54, 1.807) is 12.4 Å². The lowest BCUT2D eigenvalue weighted by Gasteiger charge is -2.05. The minimum absolute atomic E-state index is 0.102. The number of aromatic nitrogens is 1. The van der Waals surface area contributed by atoms with Crippen LogP contribution >= 0.6 is 23.5 Å². The molecule has 0 saturated carbocycles. The number of hydrogen-bond donors (Lipinski definition) is 0. The first kappa shape index (κ1) is 24.4. The molecule has 1 aromatic heterocycles. The summed E-state index contributed by atoms with van der Waals surface area (Å²) in [5, 5.41) is 0. The fourth-order valence-electron chi connectivity index (χ4n) is 2.64. The molecule has 0 aromatic carbocycles. The number of unbranched alkanes of at least 4 members (excludes halogenated alkanes) is 6. The first-order valence-corrected chi connectivity index (χ1v) is 12.8. The lowest BCUT2D eigenvalue weighted by molar-refractivity contribution is -0.145. The fraction of sp³-hybridized carbons (Fsp3) is 0.727. The highest BCUT2D eigenvalue weighted by atomic mass is 32.2. The van der Waals surface area contributed by atoms with Gasteiger partial charge in [-0.2, -0.15) is 23.5 Å².